The van der Waals surface area contributed by atoms with Crippen molar-refractivity contribution < 1.29 is 4.52 Å². The van der Waals surface area contributed by atoms with Crippen molar-refractivity contribution in [1.82, 2.24) is 15.0 Å². The molecule has 0 amide bonds. The molecule has 4 nitrogen and oxygen atoms in total. The summed E-state index contributed by atoms with van der Waals surface area (Å²) in [6, 6.07) is 0.276. The molecule has 0 radical (unpaired) electrons. The molecule has 0 unspecified atom stereocenters. The van der Waals surface area contributed by atoms with E-state index in [0.717, 1.165) is 37.6 Å². The van der Waals surface area contributed by atoms with Crippen molar-refractivity contribution in [2.75, 3.05) is 13.1 Å². The molecule has 1 saturated heterocycles. The van der Waals surface area contributed by atoms with Gasteiger partial charge in [-0.15, -0.1) is 0 Å². The topological polar surface area (TPSA) is 42.2 Å². The fourth-order valence-corrected chi connectivity index (χ4v) is 2.22. The largest absolute Gasteiger partial charge is 0.338 e. The van der Waals surface area contributed by atoms with Crippen LogP contribution in [0.5, 0.6) is 0 Å². The number of rotatable bonds is 4. The van der Waals surface area contributed by atoms with Crippen molar-refractivity contribution >= 4 is 0 Å². The molecule has 0 aliphatic carbocycles. The number of likely N-dealkylation sites (tertiary alicyclic amines) is 1. The number of piperidine rings is 1. The SMILES string of the molecule is CCCc1noc([C@H](C)N2CCCCC2)n1. The van der Waals surface area contributed by atoms with Crippen molar-refractivity contribution in [3.05, 3.63) is 11.7 Å². The van der Waals surface area contributed by atoms with Crippen LogP contribution in [0.1, 0.15) is 57.3 Å². The van der Waals surface area contributed by atoms with E-state index in [1.807, 2.05) is 0 Å². The Kier molecular flexibility index (Phi) is 3.93. The second-order valence-electron chi connectivity index (χ2n) is 4.57. The molecular formula is C12H21N3O. The fraction of sp³-hybridized carbons (Fsp3) is 0.833. The highest BCUT2D eigenvalue weighted by Gasteiger charge is 2.22. The molecule has 0 aromatic carbocycles. The van der Waals surface area contributed by atoms with Gasteiger partial charge >= 0.3 is 0 Å². The first kappa shape index (κ1) is 11.6. The highest BCUT2D eigenvalue weighted by atomic mass is 16.5. The third kappa shape index (κ3) is 2.61. The van der Waals surface area contributed by atoms with Crippen molar-refractivity contribution in [2.24, 2.45) is 0 Å². The lowest BCUT2D eigenvalue weighted by atomic mass is 10.1. The molecule has 0 bridgehead atoms. The van der Waals surface area contributed by atoms with Crippen LogP contribution in [0, 0.1) is 0 Å². The van der Waals surface area contributed by atoms with E-state index in [2.05, 4.69) is 28.9 Å². The number of aryl methyl sites for hydroxylation is 1. The zero-order valence-electron chi connectivity index (χ0n) is 10.3. The smallest absolute Gasteiger partial charge is 0.243 e. The average molecular weight is 223 g/mol. The van der Waals surface area contributed by atoms with Crippen LogP contribution >= 0.6 is 0 Å². The first-order valence-electron chi connectivity index (χ1n) is 6.37. The van der Waals surface area contributed by atoms with Gasteiger partial charge in [-0.1, -0.05) is 18.5 Å². The lowest BCUT2D eigenvalue weighted by molar-refractivity contribution is 0.146. The lowest BCUT2D eigenvalue weighted by Gasteiger charge is -2.29. The molecule has 1 aliphatic heterocycles. The van der Waals surface area contributed by atoms with Gasteiger partial charge in [0, 0.05) is 6.42 Å². The van der Waals surface area contributed by atoms with Crippen molar-refractivity contribution in [2.45, 2.75) is 52.0 Å². The van der Waals surface area contributed by atoms with E-state index in [1.54, 1.807) is 0 Å². The Morgan fingerprint density at radius 3 is 2.75 bits per heavy atom. The molecule has 1 atom stereocenters. The first-order valence-corrected chi connectivity index (χ1v) is 6.37. The Hall–Kier alpha value is -0.900. The van der Waals surface area contributed by atoms with Crippen LogP contribution in [0.3, 0.4) is 0 Å². The summed E-state index contributed by atoms with van der Waals surface area (Å²) in [6.07, 6.45) is 5.92. The maximum Gasteiger partial charge on any atom is 0.243 e. The van der Waals surface area contributed by atoms with E-state index in [9.17, 15) is 0 Å². The van der Waals surface area contributed by atoms with Gasteiger partial charge in [-0.05, 0) is 39.3 Å². The van der Waals surface area contributed by atoms with Gasteiger partial charge in [-0.3, -0.25) is 4.90 Å². The second-order valence-corrected chi connectivity index (χ2v) is 4.57. The third-order valence-corrected chi connectivity index (χ3v) is 3.25. The maximum atomic E-state index is 5.33. The highest BCUT2D eigenvalue weighted by Crippen LogP contribution is 2.22. The number of hydrogen-bond donors (Lipinski definition) is 0. The number of aromatic nitrogens is 2. The standard InChI is InChI=1S/C12H21N3O/c1-3-7-11-13-12(16-14-11)10(2)15-8-5-4-6-9-15/h10H,3-9H2,1-2H3/t10-/m0/s1. The number of nitrogens with zero attached hydrogens (tertiary/aromatic N) is 3. The minimum absolute atomic E-state index is 0.276. The summed E-state index contributed by atoms with van der Waals surface area (Å²) in [7, 11) is 0. The quantitative estimate of drug-likeness (QED) is 0.786. The van der Waals surface area contributed by atoms with Gasteiger partial charge in [0.2, 0.25) is 5.89 Å². The van der Waals surface area contributed by atoms with Crippen LogP contribution in [-0.2, 0) is 6.42 Å². The highest BCUT2D eigenvalue weighted by molar-refractivity contribution is 4.92. The van der Waals surface area contributed by atoms with Gasteiger partial charge in [0.15, 0.2) is 5.82 Å². The lowest BCUT2D eigenvalue weighted by Crippen LogP contribution is -2.32. The summed E-state index contributed by atoms with van der Waals surface area (Å²) in [5.74, 6) is 1.63. The summed E-state index contributed by atoms with van der Waals surface area (Å²) in [5, 5.41) is 4.01. The molecule has 0 N–H and O–H groups in total. The normalized spacial score (nSPS) is 19.9. The van der Waals surface area contributed by atoms with Crippen LogP contribution in [0.4, 0.5) is 0 Å². The van der Waals surface area contributed by atoms with Crippen molar-refractivity contribution in [1.29, 1.82) is 0 Å². The van der Waals surface area contributed by atoms with Crippen molar-refractivity contribution in [3.8, 4) is 0 Å². The predicted octanol–water partition coefficient (Wildman–Crippen LogP) is 2.57. The molecule has 2 heterocycles. The van der Waals surface area contributed by atoms with Crippen LogP contribution in [0.2, 0.25) is 0 Å². The molecule has 1 aliphatic rings. The third-order valence-electron chi connectivity index (χ3n) is 3.25. The van der Waals surface area contributed by atoms with E-state index >= 15 is 0 Å². The monoisotopic (exact) mass is 223 g/mol. The molecule has 1 aromatic heterocycles. The van der Waals surface area contributed by atoms with Gasteiger partial charge in [0.05, 0.1) is 6.04 Å². The van der Waals surface area contributed by atoms with Crippen LogP contribution in [0.15, 0.2) is 4.52 Å². The maximum absolute atomic E-state index is 5.33. The van der Waals surface area contributed by atoms with E-state index in [0.29, 0.717) is 0 Å². The van der Waals surface area contributed by atoms with Gasteiger partial charge in [-0.2, -0.15) is 4.98 Å². The van der Waals surface area contributed by atoms with Gasteiger partial charge in [0.25, 0.3) is 0 Å². The summed E-state index contributed by atoms with van der Waals surface area (Å²) in [5.41, 5.74) is 0. The minimum Gasteiger partial charge on any atom is -0.338 e. The minimum atomic E-state index is 0.276. The number of hydrogen-bond acceptors (Lipinski definition) is 4. The molecule has 0 saturated carbocycles. The Morgan fingerprint density at radius 1 is 1.31 bits per heavy atom. The zero-order chi connectivity index (χ0) is 11.4. The molecular weight excluding hydrogens is 202 g/mol. The zero-order valence-corrected chi connectivity index (χ0v) is 10.3. The van der Waals surface area contributed by atoms with Crippen molar-refractivity contribution in [3.63, 3.8) is 0 Å². The van der Waals surface area contributed by atoms with Gasteiger partial charge in [0.1, 0.15) is 0 Å². The fourth-order valence-electron chi connectivity index (χ4n) is 2.22. The van der Waals surface area contributed by atoms with E-state index in [1.165, 1.54) is 19.3 Å². The average Bonchev–Trinajstić information content (AvgIpc) is 2.78. The summed E-state index contributed by atoms with van der Waals surface area (Å²) in [6.45, 7) is 6.61. The summed E-state index contributed by atoms with van der Waals surface area (Å²) in [4.78, 5) is 6.89. The molecule has 90 valence electrons. The van der Waals surface area contributed by atoms with Crippen LogP contribution < -0.4 is 0 Å². The molecule has 1 fully saturated rings. The Morgan fingerprint density at radius 2 is 2.06 bits per heavy atom. The molecule has 0 spiro atoms. The Balaban J connectivity index is 1.98. The Labute approximate surface area is 97.0 Å². The second kappa shape index (κ2) is 5.43. The summed E-state index contributed by atoms with van der Waals surface area (Å²) >= 11 is 0. The molecule has 4 heteroatoms. The van der Waals surface area contributed by atoms with E-state index < -0.39 is 0 Å². The molecule has 2 rings (SSSR count). The molecule has 1 aromatic rings. The van der Waals surface area contributed by atoms with Gasteiger partial charge in [-0.25, -0.2) is 0 Å². The Bertz CT molecular complexity index is 318. The summed E-state index contributed by atoms with van der Waals surface area (Å²) < 4.78 is 5.33. The van der Waals surface area contributed by atoms with E-state index in [4.69, 9.17) is 4.52 Å². The predicted molar refractivity (Wildman–Crippen MR) is 62.1 cm³/mol. The van der Waals surface area contributed by atoms with Crippen LogP contribution in [0.25, 0.3) is 0 Å². The van der Waals surface area contributed by atoms with Gasteiger partial charge < -0.3 is 4.52 Å². The molecule has 16 heavy (non-hydrogen) atoms. The first-order chi connectivity index (χ1) is 7.81. The van der Waals surface area contributed by atoms with Crippen LogP contribution in [-0.4, -0.2) is 28.1 Å². The van der Waals surface area contributed by atoms with E-state index in [-0.39, 0.29) is 6.04 Å².